The minimum absolute atomic E-state index is 0.0387. The molecule has 0 unspecified atom stereocenters. The number of hydrogen-bond acceptors (Lipinski definition) is 3. The summed E-state index contributed by atoms with van der Waals surface area (Å²) in [5.74, 6) is 0.445. The molecule has 6 rings (SSSR count). The van der Waals surface area contributed by atoms with Gasteiger partial charge in [-0.05, 0) is 36.5 Å². The van der Waals surface area contributed by atoms with Crippen LogP contribution in [0.4, 0.5) is 0 Å². The average molecular weight is 347 g/mol. The highest BCUT2D eigenvalue weighted by atomic mass is 16.5. The van der Waals surface area contributed by atoms with Crippen molar-refractivity contribution in [2.24, 2.45) is 11.3 Å². The molecule has 1 saturated carbocycles. The van der Waals surface area contributed by atoms with E-state index in [0.29, 0.717) is 0 Å². The van der Waals surface area contributed by atoms with Gasteiger partial charge < -0.3 is 10.1 Å². The number of benzene rings is 2. The monoisotopic (exact) mass is 347 g/mol. The summed E-state index contributed by atoms with van der Waals surface area (Å²) in [7, 11) is 1.54. The standard InChI is InChI=1S/C23H25NO2/c1-15-7-9-16(10-8-15)22-12-11-19(17-5-3-4-6-18(17)22)23(21(25)26-2)14-24-13-20(22)23/h3-10,19-20,24H,11-14H2,1-2H3/t19-,20+,22-,23+/m1/s1. The number of aryl methyl sites for hydroxylation is 1. The molecule has 26 heavy (non-hydrogen) atoms. The largest absolute Gasteiger partial charge is 0.469 e. The zero-order valence-corrected chi connectivity index (χ0v) is 15.4. The lowest BCUT2D eigenvalue weighted by Crippen LogP contribution is -2.60. The van der Waals surface area contributed by atoms with Crippen LogP contribution < -0.4 is 5.32 Å². The molecule has 4 atom stereocenters. The Balaban J connectivity index is 1.82. The second kappa shape index (κ2) is 5.43. The maximum atomic E-state index is 13.1. The predicted octanol–water partition coefficient (Wildman–Crippen LogP) is 3.55. The fraction of sp³-hybridized carbons (Fsp3) is 0.435. The van der Waals surface area contributed by atoms with E-state index < -0.39 is 5.41 Å². The molecule has 2 aromatic carbocycles. The Kier molecular flexibility index (Phi) is 3.36. The maximum absolute atomic E-state index is 13.1. The Morgan fingerprint density at radius 3 is 2.69 bits per heavy atom. The normalized spacial score (nSPS) is 34.2. The molecule has 2 aromatic rings. The van der Waals surface area contributed by atoms with E-state index in [4.69, 9.17) is 4.74 Å². The fourth-order valence-corrected chi connectivity index (χ4v) is 6.37. The molecule has 0 amide bonds. The van der Waals surface area contributed by atoms with Crippen LogP contribution in [-0.2, 0) is 14.9 Å². The summed E-state index contributed by atoms with van der Waals surface area (Å²) < 4.78 is 5.38. The van der Waals surface area contributed by atoms with Gasteiger partial charge in [-0.15, -0.1) is 0 Å². The molecule has 1 aliphatic heterocycles. The number of ether oxygens (including phenoxy) is 1. The van der Waals surface area contributed by atoms with Crippen molar-refractivity contribution in [3.05, 3.63) is 70.8 Å². The Hall–Kier alpha value is -2.13. The van der Waals surface area contributed by atoms with E-state index in [2.05, 4.69) is 60.8 Å². The molecule has 2 fully saturated rings. The van der Waals surface area contributed by atoms with Gasteiger partial charge in [-0.25, -0.2) is 0 Å². The van der Waals surface area contributed by atoms with Crippen molar-refractivity contribution in [2.75, 3.05) is 20.2 Å². The third-order valence-electron chi connectivity index (χ3n) is 7.38. The van der Waals surface area contributed by atoms with E-state index in [1.807, 2.05) is 0 Å². The SMILES string of the molecule is COC(=O)[C@]12CNC[C@H]1[C@@]1(c3ccc(C)cc3)CC[C@@H]2c2ccccc21. The van der Waals surface area contributed by atoms with Crippen LogP contribution in [0, 0.1) is 18.3 Å². The second-order valence-electron chi connectivity index (χ2n) is 8.23. The number of hydrogen-bond donors (Lipinski definition) is 1. The van der Waals surface area contributed by atoms with Crippen molar-refractivity contribution in [3.63, 3.8) is 0 Å². The fourth-order valence-electron chi connectivity index (χ4n) is 6.37. The van der Waals surface area contributed by atoms with E-state index in [1.165, 1.54) is 22.3 Å². The highest BCUT2D eigenvalue weighted by Crippen LogP contribution is 2.67. The van der Waals surface area contributed by atoms with Gasteiger partial charge in [0.15, 0.2) is 0 Å². The molecule has 3 aliphatic carbocycles. The first-order chi connectivity index (χ1) is 12.6. The Labute approximate surface area is 154 Å². The van der Waals surface area contributed by atoms with Crippen molar-refractivity contribution in [2.45, 2.75) is 31.1 Å². The van der Waals surface area contributed by atoms with Crippen molar-refractivity contribution in [3.8, 4) is 0 Å². The highest BCUT2D eigenvalue weighted by Gasteiger charge is 2.69. The third kappa shape index (κ3) is 1.75. The zero-order valence-electron chi connectivity index (χ0n) is 15.4. The predicted molar refractivity (Wildman–Crippen MR) is 101 cm³/mol. The van der Waals surface area contributed by atoms with Crippen molar-refractivity contribution in [1.82, 2.24) is 5.32 Å². The second-order valence-corrected chi connectivity index (χ2v) is 8.23. The molecule has 1 heterocycles. The Morgan fingerprint density at radius 2 is 1.92 bits per heavy atom. The number of carbonyl (C=O) groups excluding carboxylic acids is 1. The summed E-state index contributed by atoms with van der Waals surface area (Å²) in [6, 6.07) is 17.8. The minimum Gasteiger partial charge on any atom is -0.469 e. The van der Waals surface area contributed by atoms with Gasteiger partial charge in [0.2, 0.25) is 0 Å². The zero-order chi connectivity index (χ0) is 17.9. The average Bonchev–Trinajstić information content (AvgIpc) is 3.16. The molecule has 4 aliphatic rings. The van der Waals surface area contributed by atoms with Gasteiger partial charge in [0.05, 0.1) is 12.5 Å². The lowest BCUT2D eigenvalue weighted by Gasteiger charge is -2.59. The van der Waals surface area contributed by atoms with Crippen LogP contribution in [0.2, 0.25) is 0 Å². The number of methoxy groups -OCH3 is 1. The van der Waals surface area contributed by atoms with E-state index in [-0.39, 0.29) is 23.2 Å². The van der Waals surface area contributed by atoms with Gasteiger partial charge in [-0.2, -0.15) is 0 Å². The highest BCUT2D eigenvalue weighted by molar-refractivity contribution is 5.82. The van der Waals surface area contributed by atoms with Crippen LogP contribution in [0.15, 0.2) is 48.5 Å². The van der Waals surface area contributed by atoms with Crippen LogP contribution in [0.1, 0.15) is 41.0 Å². The number of carbonyl (C=O) groups is 1. The van der Waals surface area contributed by atoms with E-state index in [9.17, 15) is 4.79 Å². The van der Waals surface area contributed by atoms with E-state index in [0.717, 1.165) is 25.9 Å². The lowest BCUT2D eigenvalue weighted by molar-refractivity contribution is -0.161. The molecule has 3 nitrogen and oxygen atoms in total. The van der Waals surface area contributed by atoms with Crippen molar-refractivity contribution < 1.29 is 9.53 Å². The van der Waals surface area contributed by atoms with Crippen LogP contribution in [0.3, 0.4) is 0 Å². The first-order valence-corrected chi connectivity index (χ1v) is 9.60. The summed E-state index contributed by atoms with van der Waals surface area (Å²) in [5.41, 5.74) is 4.82. The van der Waals surface area contributed by atoms with Gasteiger partial charge in [-0.3, -0.25) is 4.79 Å². The molecule has 1 N–H and O–H groups in total. The quantitative estimate of drug-likeness (QED) is 0.845. The van der Waals surface area contributed by atoms with Gasteiger partial charge in [-0.1, -0.05) is 54.1 Å². The Morgan fingerprint density at radius 1 is 1.15 bits per heavy atom. The molecule has 3 heteroatoms. The summed E-state index contributed by atoms with van der Waals surface area (Å²) in [4.78, 5) is 13.1. The third-order valence-corrected chi connectivity index (χ3v) is 7.38. The van der Waals surface area contributed by atoms with Gasteiger partial charge in [0.1, 0.15) is 0 Å². The number of rotatable bonds is 2. The first kappa shape index (κ1) is 16.1. The first-order valence-electron chi connectivity index (χ1n) is 9.60. The molecule has 1 saturated heterocycles. The Bertz CT molecular complexity index is 874. The van der Waals surface area contributed by atoms with E-state index >= 15 is 0 Å². The van der Waals surface area contributed by atoms with Gasteiger partial charge in [0, 0.05) is 30.3 Å². The van der Waals surface area contributed by atoms with Gasteiger partial charge in [0.25, 0.3) is 0 Å². The summed E-state index contributed by atoms with van der Waals surface area (Å²) in [5, 5.41) is 3.56. The minimum atomic E-state index is -0.452. The van der Waals surface area contributed by atoms with Crippen molar-refractivity contribution >= 4 is 5.97 Å². The van der Waals surface area contributed by atoms with Crippen LogP contribution in [0.25, 0.3) is 0 Å². The van der Waals surface area contributed by atoms with Crippen LogP contribution in [-0.4, -0.2) is 26.2 Å². The number of fused-ring (bicyclic) bond motifs is 1. The molecule has 134 valence electrons. The molecular formula is C23H25NO2. The molecule has 2 bridgehead atoms. The summed E-state index contributed by atoms with van der Waals surface area (Å²) in [6.07, 6.45) is 2.14. The van der Waals surface area contributed by atoms with Crippen LogP contribution >= 0.6 is 0 Å². The van der Waals surface area contributed by atoms with E-state index in [1.54, 1.807) is 7.11 Å². The lowest BCUT2D eigenvalue weighted by atomic mass is 9.42. The molecule has 0 spiro atoms. The van der Waals surface area contributed by atoms with Crippen LogP contribution in [0.5, 0.6) is 0 Å². The number of esters is 1. The number of nitrogens with one attached hydrogen (secondary N) is 1. The molecular weight excluding hydrogens is 322 g/mol. The molecule has 0 radical (unpaired) electrons. The summed E-state index contributed by atoms with van der Waals surface area (Å²) >= 11 is 0. The maximum Gasteiger partial charge on any atom is 0.314 e. The van der Waals surface area contributed by atoms with Gasteiger partial charge >= 0.3 is 5.97 Å². The topological polar surface area (TPSA) is 38.3 Å². The molecule has 0 aromatic heterocycles. The summed E-state index contributed by atoms with van der Waals surface area (Å²) in [6.45, 7) is 3.72. The smallest absolute Gasteiger partial charge is 0.314 e. The van der Waals surface area contributed by atoms with Crippen molar-refractivity contribution in [1.29, 1.82) is 0 Å².